The van der Waals surface area contributed by atoms with E-state index in [1.54, 1.807) is 0 Å². The number of carbonyl (C=O) groups is 4. The molecule has 0 amide bonds. The second kappa shape index (κ2) is 7.69. The van der Waals surface area contributed by atoms with Crippen molar-refractivity contribution in [2.45, 2.75) is 19.6 Å². The van der Waals surface area contributed by atoms with Gasteiger partial charge in [0.1, 0.15) is 0 Å². The van der Waals surface area contributed by atoms with E-state index in [4.69, 9.17) is 19.7 Å². The van der Waals surface area contributed by atoms with Crippen molar-refractivity contribution in [3.8, 4) is 0 Å². The topological polar surface area (TPSA) is 127 Å². The molecule has 140 valence electrons. The monoisotopic (exact) mass is 372 g/mol. The molecule has 0 fully saturated rings. The second-order valence-corrected chi connectivity index (χ2v) is 5.88. The van der Waals surface area contributed by atoms with Gasteiger partial charge in [-0.3, -0.25) is 0 Å². The van der Waals surface area contributed by atoms with Gasteiger partial charge in [0.2, 0.25) is 0 Å². The summed E-state index contributed by atoms with van der Waals surface area (Å²) in [5, 5.41) is 18.3. The summed E-state index contributed by atoms with van der Waals surface area (Å²) < 4.78 is 10.2. The third-order valence-electron chi connectivity index (χ3n) is 3.43. The third-order valence-corrected chi connectivity index (χ3v) is 3.43. The summed E-state index contributed by atoms with van der Waals surface area (Å²) in [6.45, 7) is 2.55. The van der Waals surface area contributed by atoms with Gasteiger partial charge in [0.25, 0.3) is 5.79 Å². The highest BCUT2D eigenvalue weighted by atomic mass is 16.7. The Morgan fingerprint density at radius 1 is 0.667 bits per heavy atom. The standard InChI is InChI=1S/C19H16O8/c1-19(2,26-17(24)13-9-5-3-7-11(13)15(20)21)27-18(25)14-10-6-4-8-12(14)16(22)23/h3-10H,1-2H3,(H,20,21)(H,22,23). The Balaban J connectivity index is 2.20. The molecule has 8 heteroatoms. The van der Waals surface area contributed by atoms with E-state index >= 15 is 0 Å². The highest BCUT2D eigenvalue weighted by Crippen LogP contribution is 2.20. The number of carboxylic acid groups (broad SMARTS) is 2. The molecule has 2 aromatic rings. The minimum absolute atomic E-state index is 0.208. The first-order valence-corrected chi connectivity index (χ1v) is 7.73. The number of ether oxygens (including phenoxy) is 2. The van der Waals surface area contributed by atoms with Gasteiger partial charge in [-0.05, 0) is 24.3 Å². The Morgan fingerprint density at radius 3 is 1.26 bits per heavy atom. The number of benzene rings is 2. The molecule has 0 unspecified atom stereocenters. The second-order valence-electron chi connectivity index (χ2n) is 5.88. The van der Waals surface area contributed by atoms with Crippen LogP contribution in [0.2, 0.25) is 0 Å². The molecule has 0 bridgehead atoms. The lowest BCUT2D eigenvalue weighted by Gasteiger charge is -2.25. The van der Waals surface area contributed by atoms with Crippen LogP contribution < -0.4 is 0 Å². The number of aromatic carboxylic acids is 2. The first kappa shape index (κ1) is 19.6. The zero-order valence-electron chi connectivity index (χ0n) is 14.5. The number of carbonyl (C=O) groups excluding carboxylic acids is 2. The van der Waals surface area contributed by atoms with Crippen molar-refractivity contribution >= 4 is 23.9 Å². The van der Waals surface area contributed by atoms with E-state index in [0.29, 0.717) is 0 Å². The van der Waals surface area contributed by atoms with Crippen molar-refractivity contribution in [1.29, 1.82) is 0 Å². The van der Waals surface area contributed by atoms with E-state index in [0.717, 1.165) is 0 Å². The molecule has 8 nitrogen and oxygen atoms in total. The number of hydrogen-bond donors (Lipinski definition) is 2. The minimum atomic E-state index is -1.77. The lowest BCUT2D eigenvalue weighted by atomic mass is 10.1. The molecule has 0 aliphatic carbocycles. The predicted molar refractivity (Wildman–Crippen MR) is 91.7 cm³/mol. The van der Waals surface area contributed by atoms with Gasteiger partial charge in [-0.2, -0.15) is 0 Å². The zero-order chi connectivity index (χ0) is 20.2. The summed E-state index contributed by atoms with van der Waals surface area (Å²) in [4.78, 5) is 47.0. The van der Waals surface area contributed by atoms with Crippen molar-refractivity contribution in [2.75, 3.05) is 0 Å². The molecule has 0 spiro atoms. The average molecular weight is 372 g/mol. The van der Waals surface area contributed by atoms with Crippen LogP contribution in [0.3, 0.4) is 0 Å². The van der Waals surface area contributed by atoms with Crippen LogP contribution in [0.1, 0.15) is 55.3 Å². The van der Waals surface area contributed by atoms with E-state index in [2.05, 4.69) is 0 Å². The van der Waals surface area contributed by atoms with Gasteiger partial charge in [0.15, 0.2) is 0 Å². The summed E-state index contributed by atoms with van der Waals surface area (Å²) in [6, 6.07) is 10.8. The van der Waals surface area contributed by atoms with Gasteiger partial charge >= 0.3 is 23.9 Å². The van der Waals surface area contributed by atoms with Crippen LogP contribution in [0.4, 0.5) is 0 Å². The Morgan fingerprint density at radius 2 is 0.963 bits per heavy atom. The lowest BCUT2D eigenvalue weighted by molar-refractivity contribution is -0.143. The Bertz CT molecular complexity index is 840. The molecule has 0 aromatic heterocycles. The predicted octanol–water partition coefficient (Wildman–Crippen LogP) is 2.83. The molecule has 0 atom stereocenters. The van der Waals surface area contributed by atoms with Crippen LogP contribution in [0.25, 0.3) is 0 Å². The molecule has 0 aliphatic heterocycles. The smallest absolute Gasteiger partial charge is 0.342 e. The molecular weight excluding hydrogens is 356 g/mol. The number of esters is 2. The highest BCUT2D eigenvalue weighted by molar-refractivity contribution is 6.03. The molecule has 27 heavy (non-hydrogen) atoms. The van der Waals surface area contributed by atoms with Crippen LogP contribution in [0.15, 0.2) is 48.5 Å². The zero-order valence-corrected chi connectivity index (χ0v) is 14.5. The summed E-state index contributed by atoms with van der Waals surface area (Å²) in [5.74, 6) is -6.40. The van der Waals surface area contributed by atoms with Crippen LogP contribution in [-0.4, -0.2) is 39.9 Å². The van der Waals surface area contributed by atoms with E-state index in [1.165, 1.54) is 62.4 Å². The first-order valence-electron chi connectivity index (χ1n) is 7.73. The molecule has 0 saturated heterocycles. The molecule has 2 rings (SSSR count). The van der Waals surface area contributed by atoms with E-state index in [-0.39, 0.29) is 22.3 Å². The first-order chi connectivity index (χ1) is 12.6. The minimum Gasteiger partial charge on any atom is -0.478 e. The molecule has 0 aliphatic rings. The average Bonchev–Trinajstić information content (AvgIpc) is 2.60. The lowest BCUT2D eigenvalue weighted by Crippen LogP contribution is -2.34. The van der Waals surface area contributed by atoms with Crippen LogP contribution in [0, 0.1) is 0 Å². The van der Waals surface area contributed by atoms with Crippen LogP contribution in [-0.2, 0) is 9.47 Å². The van der Waals surface area contributed by atoms with Crippen molar-refractivity contribution in [3.63, 3.8) is 0 Å². The maximum Gasteiger partial charge on any atom is 0.342 e. The van der Waals surface area contributed by atoms with Gasteiger partial charge in [0, 0.05) is 13.8 Å². The molecule has 2 N–H and O–H groups in total. The third kappa shape index (κ3) is 4.69. The molecule has 2 aromatic carbocycles. The largest absolute Gasteiger partial charge is 0.478 e. The fourth-order valence-electron chi connectivity index (χ4n) is 2.27. The Kier molecular flexibility index (Phi) is 5.60. The van der Waals surface area contributed by atoms with E-state index < -0.39 is 29.7 Å². The fraction of sp³-hybridized carbons (Fsp3) is 0.158. The van der Waals surface area contributed by atoms with Crippen LogP contribution in [0.5, 0.6) is 0 Å². The van der Waals surface area contributed by atoms with Crippen molar-refractivity contribution in [3.05, 3.63) is 70.8 Å². The quantitative estimate of drug-likeness (QED) is 0.585. The molecule has 0 heterocycles. The van der Waals surface area contributed by atoms with Crippen molar-refractivity contribution in [1.82, 2.24) is 0 Å². The van der Waals surface area contributed by atoms with Gasteiger partial charge in [-0.1, -0.05) is 24.3 Å². The van der Waals surface area contributed by atoms with Gasteiger partial charge in [-0.15, -0.1) is 0 Å². The maximum atomic E-state index is 12.3. The molecule has 0 saturated carbocycles. The van der Waals surface area contributed by atoms with Gasteiger partial charge in [0.05, 0.1) is 22.3 Å². The summed E-state index contributed by atoms with van der Waals surface area (Å²) in [7, 11) is 0. The van der Waals surface area contributed by atoms with Crippen molar-refractivity contribution < 1.29 is 38.9 Å². The summed E-state index contributed by atoms with van der Waals surface area (Å²) >= 11 is 0. The summed E-state index contributed by atoms with van der Waals surface area (Å²) in [5.41, 5.74) is -0.943. The Hall–Kier alpha value is -3.68. The SMILES string of the molecule is CC(C)(OC(=O)c1ccccc1C(=O)O)OC(=O)c1ccccc1C(=O)O. The van der Waals surface area contributed by atoms with Crippen molar-refractivity contribution in [2.24, 2.45) is 0 Å². The fourth-order valence-corrected chi connectivity index (χ4v) is 2.27. The Labute approximate surface area is 154 Å². The molecule has 0 radical (unpaired) electrons. The van der Waals surface area contributed by atoms with Crippen LogP contribution >= 0.6 is 0 Å². The van der Waals surface area contributed by atoms with E-state index in [9.17, 15) is 19.2 Å². The van der Waals surface area contributed by atoms with Gasteiger partial charge < -0.3 is 19.7 Å². The number of rotatable bonds is 6. The molecular formula is C19H16O8. The van der Waals surface area contributed by atoms with E-state index in [1.807, 2.05) is 0 Å². The maximum absolute atomic E-state index is 12.3. The number of hydrogen-bond acceptors (Lipinski definition) is 6. The number of carboxylic acids is 2. The van der Waals surface area contributed by atoms with Gasteiger partial charge in [-0.25, -0.2) is 19.2 Å². The highest BCUT2D eigenvalue weighted by Gasteiger charge is 2.31. The summed E-state index contributed by atoms with van der Waals surface area (Å²) in [6.07, 6.45) is 0. The normalized spacial score (nSPS) is 10.7.